The van der Waals surface area contributed by atoms with Crippen molar-refractivity contribution in [3.63, 3.8) is 0 Å². The van der Waals surface area contributed by atoms with Gasteiger partial charge in [0.25, 0.3) is 0 Å². The minimum absolute atomic E-state index is 0.0320. The van der Waals surface area contributed by atoms with Gasteiger partial charge < -0.3 is 10.2 Å². The summed E-state index contributed by atoms with van der Waals surface area (Å²) in [4.78, 5) is 28.2. The summed E-state index contributed by atoms with van der Waals surface area (Å²) in [6.07, 6.45) is 0.356. The number of rotatable bonds is 11. The van der Waals surface area contributed by atoms with Crippen LogP contribution in [0.1, 0.15) is 34.7 Å². The Morgan fingerprint density at radius 1 is 0.943 bits per heavy atom. The van der Waals surface area contributed by atoms with Gasteiger partial charge in [0.1, 0.15) is 11.9 Å². The van der Waals surface area contributed by atoms with E-state index in [4.69, 9.17) is 0 Å². The standard InChI is InChI=1S/C29H33FN2O2S/c1-4-31-29(34)27(17-23-10-6-5-7-11-23)32(18-25-12-8-9-13-26(25)30)28(33)20-35-19-24-15-21(2)14-22(3)16-24/h5-16,27H,4,17-20H2,1-3H3,(H,31,34). The van der Waals surface area contributed by atoms with Crippen molar-refractivity contribution >= 4 is 23.6 Å². The second kappa shape index (κ2) is 13.1. The minimum Gasteiger partial charge on any atom is -0.355 e. The van der Waals surface area contributed by atoms with Crippen LogP contribution >= 0.6 is 11.8 Å². The third kappa shape index (κ3) is 7.96. The molecule has 3 aromatic rings. The lowest BCUT2D eigenvalue weighted by atomic mass is 10.0. The highest BCUT2D eigenvalue weighted by Gasteiger charge is 2.30. The maximum Gasteiger partial charge on any atom is 0.243 e. The van der Waals surface area contributed by atoms with Gasteiger partial charge in [0.05, 0.1) is 5.75 Å². The fourth-order valence-corrected chi connectivity index (χ4v) is 4.99. The summed E-state index contributed by atoms with van der Waals surface area (Å²) in [5, 5.41) is 2.86. The Morgan fingerprint density at radius 2 is 1.60 bits per heavy atom. The lowest BCUT2D eigenvalue weighted by Crippen LogP contribution is -2.51. The number of aryl methyl sites for hydroxylation is 2. The Morgan fingerprint density at radius 3 is 2.26 bits per heavy atom. The molecule has 4 nitrogen and oxygen atoms in total. The van der Waals surface area contributed by atoms with Crippen LogP contribution < -0.4 is 5.32 Å². The van der Waals surface area contributed by atoms with Gasteiger partial charge in [0.2, 0.25) is 11.8 Å². The van der Waals surface area contributed by atoms with Gasteiger partial charge >= 0.3 is 0 Å². The van der Waals surface area contributed by atoms with E-state index >= 15 is 0 Å². The molecular formula is C29H33FN2O2S. The fourth-order valence-electron chi connectivity index (χ4n) is 4.15. The zero-order valence-electron chi connectivity index (χ0n) is 20.6. The number of nitrogens with one attached hydrogen (secondary N) is 1. The summed E-state index contributed by atoms with van der Waals surface area (Å²) in [7, 11) is 0. The van der Waals surface area contributed by atoms with Gasteiger partial charge in [-0.1, -0.05) is 77.9 Å². The summed E-state index contributed by atoms with van der Waals surface area (Å²) in [5.41, 5.74) is 4.87. The van der Waals surface area contributed by atoms with Crippen LogP contribution in [0, 0.1) is 19.7 Å². The number of benzene rings is 3. The Hall–Kier alpha value is -3.12. The average Bonchev–Trinajstić information content (AvgIpc) is 2.82. The highest BCUT2D eigenvalue weighted by Crippen LogP contribution is 2.20. The Bertz CT molecular complexity index is 1120. The molecule has 35 heavy (non-hydrogen) atoms. The summed E-state index contributed by atoms with van der Waals surface area (Å²) < 4.78 is 14.6. The van der Waals surface area contributed by atoms with Crippen molar-refractivity contribution in [3.05, 3.63) is 106 Å². The number of halogens is 1. The number of thioether (sulfide) groups is 1. The summed E-state index contributed by atoms with van der Waals surface area (Å²) in [6, 6.07) is 21.6. The molecule has 1 N–H and O–H groups in total. The van der Waals surface area contributed by atoms with Crippen molar-refractivity contribution in [2.24, 2.45) is 0 Å². The van der Waals surface area contributed by atoms with Crippen molar-refractivity contribution in [2.75, 3.05) is 12.3 Å². The summed E-state index contributed by atoms with van der Waals surface area (Å²) in [5.74, 6) is 0.0797. The molecule has 0 aliphatic heterocycles. The van der Waals surface area contributed by atoms with Crippen molar-refractivity contribution in [2.45, 2.75) is 45.5 Å². The normalized spacial score (nSPS) is 11.7. The first-order chi connectivity index (χ1) is 16.9. The zero-order valence-corrected chi connectivity index (χ0v) is 21.4. The number of amides is 2. The topological polar surface area (TPSA) is 49.4 Å². The van der Waals surface area contributed by atoms with Gasteiger partial charge in [-0.15, -0.1) is 11.8 Å². The average molecular weight is 493 g/mol. The Kier molecular flexibility index (Phi) is 9.91. The van der Waals surface area contributed by atoms with E-state index in [2.05, 4.69) is 37.4 Å². The summed E-state index contributed by atoms with van der Waals surface area (Å²) in [6.45, 7) is 6.45. The minimum atomic E-state index is -0.744. The fraction of sp³-hybridized carbons (Fsp3) is 0.310. The molecule has 0 saturated carbocycles. The van der Waals surface area contributed by atoms with E-state index in [1.807, 2.05) is 37.3 Å². The molecule has 6 heteroatoms. The predicted octanol–water partition coefficient (Wildman–Crippen LogP) is 5.45. The molecule has 3 aromatic carbocycles. The van der Waals surface area contributed by atoms with Gasteiger partial charge in [0, 0.05) is 30.8 Å². The monoisotopic (exact) mass is 492 g/mol. The quantitative estimate of drug-likeness (QED) is 0.387. The van der Waals surface area contributed by atoms with Crippen LogP contribution in [0.25, 0.3) is 0 Å². The van der Waals surface area contributed by atoms with Crippen molar-refractivity contribution < 1.29 is 14.0 Å². The second-order valence-electron chi connectivity index (χ2n) is 8.70. The number of hydrogen-bond acceptors (Lipinski definition) is 3. The van der Waals surface area contributed by atoms with E-state index in [1.54, 1.807) is 18.2 Å². The smallest absolute Gasteiger partial charge is 0.243 e. The summed E-state index contributed by atoms with van der Waals surface area (Å²) >= 11 is 1.51. The molecule has 1 atom stereocenters. The predicted molar refractivity (Wildman–Crippen MR) is 142 cm³/mol. The van der Waals surface area contributed by atoms with E-state index < -0.39 is 6.04 Å². The molecule has 0 saturated heterocycles. The molecule has 0 fully saturated rings. The molecule has 3 rings (SSSR count). The molecule has 0 bridgehead atoms. The van der Waals surface area contributed by atoms with Crippen molar-refractivity contribution in [3.8, 4) is 0 Å². The number of likely N-dealkylation sites (N-methyl/N-ethyl adjacent to an activating group) is 1. The molecule has 2 amide bonds. The van der Waals surface area contributed by atoms with Crippen LogP contribution in [0.15, 0.2) is 72.8 Å². The molecule has 0 aliphatic carbocycles. The van der Waals surface area contributed by atoms with Crippen LogP contribution in [0.4, 0.5) is 4.39 Å². The van der Waals surface area contributed by atoms with Gasteiger partial charge in [0.15, 0.2) is 0 Å². The highest BCUT2D eigenvalue weighted by atomic mass is 32.2. The number of hydrogen-bond donors (Lipinski definition) is 1. The third-order valence-electron chi connectivity index (χ3n) is 5.70. The molecule has 0 spiro atoms. The van der Waals surface area contributed by atoms with Gasteiger partial charge in [-0.2, -0.15) is 0 Å². The lowest BCUT2D eigenvalue weighted by molar-refractivity contribution is -0.139. The second-order valence-corrected chi connectivity index (χ2v) is 9.69. The van der Waals surface area contributed by atoms with Crippen molar-refractivity contribution in [1.82, 2.24) is 10.2 Å². The largest absolute Gasteiger partial charge is 0.355 e. The van der Waals surface area contributed by atoms with E-state index in [0.717, 1.165) is 11.1 Å². The highest BCUT2D eigenvalue weighted by molar-refractivity contribution is 7.99. The first-order valence-electron chi connectivity index (χ1n) is 11.9. The van der Waals surface area contributed by atoms with Crippen LogP contribution in [0.3, 0.4) is 0 Å². The maximum atomic E-state index is 14.6. The van der Waals surface area contributed by atoms with Gasteiger partial charge in [-0.05, 0) is 38.0 Å². The molecule has 0 aromatic heterocycles. The molecular weight excluding hydrogens is 459 g/mol. The number of carbonyl (C=O) groups excluding carboxylic acids is 2. The molecule has 184 valence electrons. The molecule has 1 unspecified atom stereocenters. The first-order valence-corrected chi connectivity index (χ1v) is 13.0. The van der Waals surface area contributed by atoms with Crippen LogP contribution in [0.5, 0.6) is 0 Å². The van der Waals surface area contributed by atoms with Gasteiger partial charge in [-0.25, -0.2) is 4.39 Å². The van der Waals surface area contributed by atoms with Gasteiger partial charge in [-0.3, -0.25) is 9.59 Å². The Balaban J connectivity index is 1.84. The molecule has 0 radical (unpaired) electrons. The van der Waals surface area contributed by atoms with E-state index in [0.29, 0.717) is 24.3 Å². The van der Waals surface area contributed by atoms with E-state index in [1.165, 1.54) is 33.9 Å². The maximum absolute atomic E-state index is 14.6. The third-order valence-corrected chi connectivity index (χ3v) is 6.68. The lowest BCUT2D eigenvalue weighted by Gasteiger charge is -2.31. The first kappa shape index (κ1) is 26.5. The number of carbonyl (C=O) groups is 2. The van der Waals surface area contributed by atoms with E-state index in [-0.39, 0.29) is 29.9 Å². The van der Waals surface area contributed by atoms with Crippen LogP contribution in [0.2, 0.25) is 0 Å². The van der Waals surface area contributed by atoms with Crippen molar-refractivity contribution in [1.29, 1.82) is 0 Å². The van der Waals surface area contributed by atoms with Crippen LogP contribution in [-0.4, -0.2) is 35.1 Å². The molecule has 0 aliphatic rings. The SMILES string of the molecule is CCNC(=O)C(Cc1ccccc1)N(Cc1ccccc1F)C(=O)CSCc1cc(C)cc(C)c1. The Labute approximate surface area is 211 Å². The van der Waals surface area contributed by atoms with E-state index in [9.17, 15) is 14.0 Å². The van der Waals surface area contributed by atoms with Crippen LogP contribution in [-0.2, 0) is 28.3 Å². The zero-order chi connectivity index (χ0) is 25.2. The molecule has 0 heterocycles. The number of nitrogens with zero attached hydrogens (tertiary/aromatic N) is 1.